The van der Waals surface area contributed by atoms with Gasteiger partial charge in [0.2, 0.25) is 0 Å². The Bertz CT molecular complexity index is 849. The quantitative estimate of drug-likeness (QED) is 0.787. The van der Waals surface area contributed by atoms with E-state index < -0.39 is 11.7 Å². The molecule has 0 bridgehead atoms. The predicted molar refractivity (Wildman–Crippen MR) is 105 cm³/mol. The highest BCUT2D eigenvalue weighted by Gasteiger charge is 2.33. The molecule has 0 aromatic heterocycles. The van der Waals surface area contributed by atoms with Crippen LogP contribution in [0.4, 0.5) is 4.39 Å². The zero-order valence-electron chi connectivity index (χ0n) is 15.3. The van der Waals surface area contributed by atoms with Crippen LogP contribution in [0.1, 0.15) is 35.6 Å². The number of aryl methyl sites for hydroxylation is 1. The molecule has 5 heteroatoms. The second-order valence-corrected chi connectivity index (χ2v) is 7.45. The smallest absolute Gasteiger partial charge is 0.140 e. The Balaban J connectivity index is 1.55. The van der Waals surface area contributed by atoms with Crippen molar-refractivity contribution >= 4 is 11.6 Å². The molecule has 0 radical (unpaired) electrons. The van der Waals surface area contributed by atoms with Crippen LogP contribution in [0.3, 0.4) is 0 Å². The molecule has 1 fully saturated rings. The molecule has 0 saturated carbocycles. The SMILES string of the molecule is Cc1ccc(C2(O)CCN(CC#CC(O)c3ccc(F)cc3)CC2)cc1Cl. The van der Waals surface area contributed by atoms with Crippen molar-refractivity contribution in [3.63, 3.8) is 0 Å². The van der Waals surface area contributed by atoms with E-state index in [0.717, 1.165) is 11.1 Å². The highest BCUT2D eigenvalue weighted by Crippen LogP contribution is 2.34. The van der Waals surface area contributed by atoms with Crippen molar-refractivity contribution in [2.24, 2.45) is 0 Å². The van der Waals surface area contributed by atoms with Gasteiger partial charge in [0.25, 0.3) is 0 Å². The minimum absolute atomic E-state index is 0.338. The summed E-state index contributed by atoms with van der Waals surface area (Å²) in [5.41, 5.74) is 1.56. The lowest BCUT2D eigenvalue weighted by Crippen LogP contribution is -2.42. The van der Waals surface area contributed by atoms with Crippen LogP contribution in [0.2, 0.25) is 5.02 Å². The van der Waals surface area contributed by atoms with E-state index in [-0.39, 0.29) is 5.82 Å². The van der Waals surface area contributed by atoms with Crippen LogP contribution in [-0.4, -0.2) is 34.7 Å². The Labute approximate surface area is 164 Å². The van der Waals surface area contributed by atoms with E-state index in [4.69, 9.17) is 11.6 Å². The molecular formula is C22H23ClFNO2. The van der Waals surface area contributed by atoms with Crippen molar-refractivity contribution in [1.82, 2.24) is 4.90 Å². The lowest BCUT2D eigenvalue weighted by molar-refractivity contribution is -0.0230. The maximum absolute atomic E-state index is 12.9. The number of aliphatic hydroxyl groups excluding tert-OH is 1. The molecule has 1 aliphatic heterocycles. The van der Waals surface area contributed by atoms with Crippen LogP contribution in [0.15, 0.2) is 42.5 Å². The van der Waals surface area contributed by atoms with Crippen LogP contribution < -0.4 is 0 Å². The van der Waals surface area contributed by atoms with Crippen LogP contribution in [0.25, 0.3) is 0 Å². The van der Waals surface area contributed by atoms with Gasteiger partial charge in [-0.1, -0.05) is 47.7 Å². The highest BCUT2D eigenvalue weighted by atomic mass is 35.5. The molecule has 0 aliphatic carbocycles. The van der Waals surface area contributed by atoms with Crippen molar-refractivity contribution < 1.29 is 14.6 Å². The minimum atomic E-state index is -0.929. The van der Waals surface area contributed by atoms with Crippen molar-refractivity contribution in [2.75, 3.05) is 19.6 Å². The molecule has 2 aromatic carbocycles. The first kappa shape index (κ1) is 19.9. The predicted octanol–water partition coefficient (Wildman–Crippen LogP) is 3.81. The second kappa shape index (κ2) is 8.41. The van der Waals surface area contributed by atoms with Crippen molar-refractivity contribution in [2.45, 2.75) is 31.5 Å². The Hall–Kier alpha value is -1.90. The molecule has 0 amide bonds. The van der Waals surface area contributed by atoms with E-state index in [1.54, 1.807) is 0 Å². The molecule has 2 aromatic rings. The molecule has 142 valence electrons. The Kier molecular flexibility index (Phi) is 6.18. The van der Waals surface area contributed by atoms with Gasteiger partial charge in [0.1, 0.15) is 11.9 Å². The molecule has 2 N–H and O–H groups in total. The summed E-state index contributed by atoms with van der Waals surface area (Å²) in [5, 5.41) is 21.7. The van der Waals surface area contributed by atoms with E-state index in [1.807, 2.05) is 25.1 Å². The summed E-state index contributed by atoms with van der Waals surface area (Å²) in [4.78, 5) is 2.15. The number of benzene rings is 2. The summed E-state index contributed by atoms with van der Waals surface area (Å²) >= 11 is 6.20. The van der Waals surface area contributed by atoms with Gasteiger partial charge < -0.3 is 10.2 Å². The minimum Gasteiger partial charge on any atom is -0.385 e. The van der Waals surface area contributed by atoms with E-state index in [9.17, 15) is 14.6 Å². The number of rotatable bonds is 3. The number of halogens is 2. The molecule has 27 heavy (non-hydrogen) atoms. The van der Waals surface area contributed by atoms with Gasteiger partial charge in [0.15, 0.2) is 0 Å². The maximum Gasteiger partial charge on any atom is 0.140 e. The van der Waals surface area contributed by atoms with Gasteiger partial charge in [0, 0.05) is 18.1 Å². The number of nitrogens with zero attached hydrogens (tertiary/aromatic N) is 1. The first-order valence-corrected chi connectivity index (χ1v) is 9.38. The molecule has 0 spiro atoms. The molecule has 1 atom stereocenters. The van der Waals surface area contributed by atoms with E-state index in [0.29, 0.717) is 43.1 Å². The van der Waals surface area contributed by atoms with Gasteiger partial charge in [0.05, 0.1) is 12.1 Å². The van der Waals surface area contributed by atoms with E-state index in [1.165, 1.54) is 24.3 Å². The average molecular weight is 388 g/mol. The summed E-state index contributed by atoms with van der Waals surface area (Å²) < 4.78 is 12.9. The standard InChI is InChI=1S/C22H23ClFNO2/c1-16-4-7-18(15-20(16)23)22(27)10-13-25(14-11-22)12-2-3-21(26)17-5-8-19(24)9-6-17/h4-9,15,21,26-27H,10-14H2,1H3. The number of hydrogen-bond donors (Lipinski definition) is 2. The third-order valence-electron chi connectivity index (χ3n) is 5.12. The Morgan fingerprint density at radius 2 is 1.85 bits per heavy atom. The monoisotopic (exact) mass is 387 g/mol. The van der Waals surface area contributed by atoms with Gasteiger partial charge >= 0.3 is 0 Å². The van der Waals surface area contributed by atoms with Gasteiger partial charge in [-0.05, 0) is 54.7 Å². The number of aliphatic hydroxyl groups is 2. The Morgan fingerprint density at radius 1 is 1.19 bits per heavy atom. The molecular weight excluding hydrogens is 365 g/mol. The molecule has 1 unspecified atom stereocenters. The lowest BCUT2D eigenvalue weighted by Gasteiger charge is -2.38. The summed E-state index contributed by atoms with van der Waals surface area (Å²) in [5.74, 6) is 5.44. The molecule has 1 aliphatic rings. The van der Waals surface area contributed by atoms with Gasteiger partial charge in [-0.2, -0.15) is 0 Å². The third kappa shape index (κ3) is 4.88. The lowest BCUT2D eigenvalue weighted by atomic mass is 9.84. The fourth-order valence-electron chi connectivity index (χ4n) is 3.23. The summed E-state index contributed by atoms with van der Waals surface area (Å²) in [6.45, 7) is 3.88. The van der Waals surface area contributed by atoms with Crippen molar-refractivity contribution in [3.8, 4) is 11.8 Å². The van der Waals surface area contributed by atoms with Crippen LogP contribution in [-0.2, 0) is 5.60 Å². The first-order chi connectivity index (χ1) is 12.9. The van der Waals surface area contributed by atoms with Crippen molar-refractivity contribution in [3.05, 3.63) is 70.0 Å². The topological polar surface area (TPSA) is 43.7 Å². The fourth-order valence-corrected chi connectivity index (χ4v) is 3.42. The van der Waals surface area contributed by atoms with Gasteiger partial charge in [-0.25, -0.2) is 4.39 Å². The summed E-state index contributed by atoms with van der Waals surface area (Å²) in [6, 6.07) is 11.4. The van der Waals surface area contributed by atoms with Crippen LogP contribution >= 0.6 is 11.6 Å². The molecule has 3 nitrogen and oxygen atoms in total. The van der Waals surface area contributed by atoms with E-state index in [2.05, 4.69) is 16.7 Å². The molecule has 1 heterocycles. The third-order valence-corrected chi connectivity index (χ3v) is 5.53. The molecule has 1 saturated heterocycles. The Morgan fingerprint density at radius 3 is 2.48 bits per heavy atom. The summed E-state index contributed by atoms with van der Waals surface area (Å²) in [7, 11) is 0. The van der Waals surface area contributed by atoms with Crippen LogP contribution in [0.5, 0.6) is 0 Å². The summed E-state index contributed by atoms with van der Waals surface area (Å²) in [6.07, 6.45) is 0.283. The normalized spacial score (nSPS) is 17.8. The van der Waals surface area contributed by atoms with Crippen molar-refractivity contribution in [1.29, 1.82) is 0 Å². The number of piperidine rings is 1. The van der Waals surface area contributed by atoms with E-state index >= 15 is 0 Å². The van der Waals surface area contributed by atoms with Gasteiger partial charge in [-0.15, -0.1) is 0 Å². The molecule has 3 rings (SSSR count). The van der Waals surface area contributed by atoms with Crippen LogP contribution in [0, 0.1) is 24.6 Å². The highest BCUT2D eigenvalue weighted by molar-refractivity contribution is 6.31. The largest absolute Gasteiger partial charge is 0.385 e. The zero-order chi connectivity index (χ0) is 19.4. The number of likely N-dealkylation sites (tertiary alicyclic amines) is 1. The fraction of sp³-hybridized carbons (Fsp3) is 0.364. The maximum atomic E-state index is 12.9. The first-order valence-electron chi connectivity index (χ1n) is 9.01. The van der Waals surface area contributed by atoms with Gasteiger partial charge in [-0.3, -0.25) is 4.90 Å². The second-order valence-electron chi connectivity index (χ2n) is 7.05. The number of hydrogen-bond acceptors (Lipinski definition) is 3. The zero-order valence-corrected chi connectivity index (χ0v) is 16.0. The average Bonchev–Trinajstić information content (AvgIpc) is 2.66.